The van der Waals surface area contributed by atoms with E-state index in [1.807, 2.05) is 81.4 Å². The zero-order chi connectivity index (χ0) is 42.3. The monoisotopic (exact) mass is 856 g/mol. The Kier molecular flexibility index (Phi) is 16.8. The summed E-state index contributed by atoms with van der Waals surface area (Å²) in [6.07, 6.45) is -0.532. The number of carbonyl (C=O) groups is 3. The van der Waals surface area contributed by atoms with E-state index in [9.17, 15) is 14.4 Å². The molecule has 6 rings (SSSR count). The first kappa shape index (κ1) is 45.0. The standard InChI is InChI=1S/C47H56N2O9S2/c1-47(2,3)58-45(51)48(22-25-54-27-24-49(46(52)53-4)44-40-19-11-9-15-36(40)37-16-10-12-20-41(37)44)23-26-55-28-29-56-30-32-60-59-31-21-43(50)57-33-42-38-17-7-5-13-34(38)35-14-6-8-18-39(35)42/h5-20,42,44H,21-33H2,1-4H3. The van der Waals surface area contributed by atoms with Gasteiger partial charge >= 0.3 is 18.2 Å². The van der Waals surface area contributed by atoms with Crippen LogP contribution in [-0.4, -0.2) is 118 Å². The molecule has 13 heteroatoms. The quantitative estimate of drug-likeness (QED) is 0.0326. The van der Waals surface area contributed by atoms with Crippen molar-refractivity contribution < 1.29 is 42.8 Å². The first-order valence-corrected chi connectivity index (χ1v) is 23.0. The average molecular weight is 857 g/mol. The third-order valence-electron chi connectivity index (χ3n) is 10.2. The lowest BCUT2D eigenvalue weighted by Gasteiger charge is -2.30. The summed E-state index contributed by atoms with van der Waals surface area (Å²) in [6.45, 7) is 8.91. The van der Waals surface area contributed by atoms with Crippen LogP contribution in [0.4, 0.5) is 9.59 Å². The molecule has 2 amide bonds. The molecule has 0 aliphatic heterocycles. The number of methoxy groups -OCH3 is 1. The van der Waals surface area contributed by atoms with Crippen molar-refractivity contribution in [1.82, 2.24) is 9.80 Å². The fourth-order valence-corrected chi connectivity index (χ4v) is 9.32. The van der Waals surface area contributed by atoms with Crippen molar-refractivity contribution in [3.05, 3.63) is 119 Å². The van der Waals surface area contributed by atoms with Gasteiger partial charge < -0.3 is 33.3 Å². The molecule has 0 bridgehead atoms. The molecule has 0 heterocycles. The predicted molar refractivity (Wildman–Crippen MR) is 237 cm³/mol. The molecule has 0 N–H and O–H groups in total. The summed E-state index contributed by atoms with van der Waals surface area (Å²) in [6, 6.07) is 32.6. The van der Waals surface area contributed by atoms with E-state index in [1.165, 1.54) is 29.4 Å². The molecule has 0 radical (unpaired) electrons. The zero-order valence-corrected chi connectivity index (χ0v) is 36.6. The second-order valence-electron chi connectivity index (χ2n) is 15.3. The SMILES string of the molecule is COC(=O)N(CCOCCN(CCOCCOCCSSCCC(=O)OCC1c2ccccc2-c2ccccc21)C(=O)OC(C)(C)C)C1c2ccccc2-c2ccccc21. The van der Waals surface area contributed by atoms with Crippen molar-refractivity contribution in [3.8, 4) is 22.3 Å². The zero-order valence-electron chi connectivity index (χ0n) is 35.0. The number of amides is 2. The molecule has 2 aliphatic carbocycles. The third kappa shape index (κ3) is 12.1. The molecule has 11 nitrogen and oxygen atoms in total. The van der Waals surface area contributed by atoms with Crippen molar-refractivity contribution >= 4 is 39.7 Å². The highest BCUT2D eigenvalue weighted by atomic mass is 33.1. The molecule has 2 aliphatic rings. The maximum Gasteiger partial charge on any atom is 0.410 e. The van der Waals surface area contributed by atoms with Crippen LogP contribution in [0.1, 0.15) is 61.4 Å². The molecule has 320 valence electrons. The van der Waals surface area contributed by atoms with Crippen LogP contribution in [0, 0.1) is 0 Å². The second kappa shape index (κ2) is 22.4. The van der Waals surface area contributed by atoms with E-state index < -0.39 is 17.8 Å². The lowest BCUT2D eigenvalue weighted by Crippen LogP contribution is -2.41. The fourth-order valence-electron chi connectivity index (χ4n) is 7.49. The second-order valence-corrected chi connectivity index (χ2v) is 18.1. The van der Waals surface area contributed by atoms with E-state index in [-0.39, 0.29) is 37.7 Å². The number of hydrogen-bond acceptors (Lipinski definition) is 11. The number of hydrogen-bond donors (Lipinski definition) is 0. The number of benzene rings is 4. The lowest BCUT2D eigenvalue weighted by molar-refractivity contribution is -0.143. The molecule has 0 atom stereocenters. The van der Waals surface area contributed by atoms with E-state index in [0.717, 1.165) is 28.0 Å². The van der Waals surface area contributed by atoms with E-state index in [2.05, 4.69) is 36.4 Å². The number of nitrogens with zero attached hydrogens (tertiary/aromatic N) is 2. The van der Waals surface area contributed by atoms with Crippen LogP contribution in [0.3, 0.4) is 0 Å². The molecule has 0 saturated carbocycles. The summed E-state index contributed by atoms with van der Waals surface area (Å²) in [5.74, 6) is 1.33. The Balaban J connectivity index is 0.831. The molecule has 0 fully saturated rings. The van der Waals surface area contributed by atoms with Gasteiger partial charge in [-0.2, -0.15) is 0 Å². The Morgan fingerprint density at radius 2 is 1.05 bits per heavy atom. The van der Waals surface area contributed by atoms with Crippen molar-refractivity contribution in [3.63, 3.8) is 0 Å². The summed E-state index contributed by atoms with van der Waals surface area (Å²) in [7, 11) is 4.68. The third-order valence-corrected chi connectivity index (χ3v) is 12.6. The van der Waals surface area contributed by atoms with Gasteiger partial charge in [0, 0.05) is 37.1 Å². The largest absolute Gasteiger partial charge is 0.465 e. The first-order chi connectivity index (χ1) is 29.2. The Labute approximate surface area is 361 Å². The summed E-state index contributed by atoms with van der Waals surface area (Å²) in [4.78, 5) is 41.9. The van der Waals surface area contributed by atoms with Gasteiger partial charge in [0.25, 0.3) is 0 Å². The summed E-state index contributed by atoms with van der Waals surface area (Å²) < 4.78 is 34.1. The number of fused-ring (bicyclic) bond motifs is 6. The molecular weight excluding hydrogens is 801 g/mol. The van der Waals surface area contributed by atoms with Crippen LogP contribution in [0.25, 0.3) is 22.3 Å². The Morgan fingerprint density at radius 1 is 0.583 bits per heavy atom. The number of ether oxygens (including phenoxy) is 6. The topological polar surface area (TPSA) is 113 Å². The van der Waals surface area contributed by atoms with E-state index >= 15 is 0 Å². The highest BCUT2D eigenvalue weighted by Crippen LogP contribution is 2.47. The number of rotatable bonds is 22. The van der Waals surface area contributed by atoms with Gasteiger partial charge in [-0.1, -0.05) is 119 Å². The van der Waals surface area contributed by atoms with Gasteiger partial charge in [-0.3, -0.25) is 9.69 Å². The summed E-state index contributed by atoms with van der Waals surface area (Å²) in [5.41, 5.74) is 8.49. The molecule has 4 aromatic carbocycles. The minimum atomic E-state index is -0.657. The summed E-state index contributed by atoms with van der Waals surface area (Å²) in [5, 5.41) is 0. The molecule has 0 aromatic heterocycles. The molecular formula is C47H56N2O9S2. The Morgan fingerprint density at radius 3 is 1.60 bits per heavy atom. The van der Waals surface area contributed by atoms with Crippen LogP contribution in [-0.2, 0) is 33.2 Å². The number of esters is 1. The molecule has 0 saturated heterocycles. The highest BCUT2D eigenvalue weighted by molar-refractivity contribution is 8.76. The van der Waals surface area contributed by atoms with E-state index in [0.29, 0.717) is 58.3 Å². The number of carbonyl (C=O) groups excluding carboxylic acids is 3. The highest BCUT2D eigenvalue weighted by Gasteiger charge is 2.36. The molecule has 0 unspecified atom stereocenters. The minimum absolute atomic E-state index is 0.0678. The van der Waals surface area contributed by atoms with Gasteiger partial charge in [-0.05, 0) is 65.3 Å². The van der Waals surface area contributed by atoms with Gasteiger partial charge in [0.1, 0.15) is 12.2 Å². The molecule has 0 spiro atoms. The Bertz CT molecular complexity index is 1950. The van der Waals surface area contributed by atoms with Crippen molar-refractivity contribution in [2.45, 2.75) is 44.8 Å². The maximum absolute atomic E-state index is 13.1. The van der Waals surface area contributed by atoms with Gasteiger partial charge in [0.15, 0.2) is 0 Å². The average Bonchev–Trinajstić information content (AvgIpc) is 3.75. The smallest absolute Gasteiger partial charge is 0.410 e. The van der Waals surface area contributed by atoms with Crippen molar-refractivity contribution in [2.24, 2.45) is 0 Å². The van der Waals surface area contributed by atoms with Gasteiger partial charge in [-0.25, -0.2) is 9.59 Å². The van der Waals surface area contributed by atoms with Crippen LogP contribution < -0.4 is 0 Å². The fraction of sp³-hybridized carbons (Fsp3) is 0.426. The predicted octanol–water partition coefficient (Wildman–Crippen LogP) is 9.24. The minimum Gasteiger partial charge on any atom is -0.465 e. The van der Waals surface area contributed by atoms with E-state index in [1.54, 1.807) is 31.4 Å². The summed E-state index contributed by atoms with van der Waals surface area (Å²) >= 11 is 0. The normalized spacial score (nSPS) is 12.9. The van der Waals surface area contributed by atoms with Gasteiger partial charge in [0.2, 0.25) is 0 Å². The molecule has 60 heavy (non-hydrogen) atoms. The van der Waals surface area contributed by atoms with Crippen LogP contribution >= 0.6 is 21.6 Å². The maximum atomic E-state index is 13.1. The van der Waals surface area contributed by atoms with Crippen LogP contribution in [0.2, 0.25) is 0 Å². The van der Waals surface area contributed by atoms with Crippen LogP contribution in [0.15, 0.2) is 97.1 Å². The van der Waals surface area contributed by atoms with Crippen molar-refractivity contribution in [1.29, 1.82) is 0 Å². The van der Waals surface area contributed by atoms with E-state index in [4.69, 9.17) is 28.4 Å². The molecule has 4 aromatic rings. The van der Waals surface area contributed by atoms with Gasteiger partial charge in [-0.15, -0.1) is 0 Å². The lowest BCUT2D eigenvalue weighted by atomic mass is 9.98. The first-order valence-electron chi connectivity index (χ1n) is 20.5. The van der Waals surface area contributed by atoms with Gasteiger partial charge in [0.05, 0.1) is 59.2 Å². The Hall–Kier alpha value is -4.53. The van der Waals surface area contributed by atoms with Crippen LogP contribution in [0.5, 0.6) is 0 Å². The van der Waals surface area contributed by atoms with Crippen molar-refractivity contribution in [2.75, 3.05) is 84.5 Å².